The van der Waals surface area contributed by atoms with Crippen molar-refractivity contribution in [3.05, 3.63) is 46.3 Å². The molecule has 0 spiro atoms. The molecule has 0 unspecified atom stereocenters. The zero-order chi connectivity index (χ0) is 15.5. The van der Waals surface area contributed by atoms with E-state index < -0.39 is 6.09 Å². The van der Waals surface area contributed by atoms with E-state index in [-0.39, 0.29) is 5.91 Å². The highest BCUT2D eigenvalue weighted by atomic mass is 32.1. The van der Waals surface area contributed by atoms with Crippen LogP contribution in [0.2, 0.25) is 0 Å². The smallest absolute Gasteiger partial charge is 0.411 e. The van der Waals surface area contributed by atoms with E-state index in [1.165, 1.54) is 23.3 Å². The Bertz CT molecular complexity index is 710. The molecule has 2 amide bonds. The lowest BCUT2D eigenvalue weighted by molar-refractivity contribution is 0.102. The molecule has 0 saturated carbocycles. The van der Waals surface area contributed by atoms with E-state index in [4.69, 9.17) is 0 Å². The molecule has 3 rings (SSSR count). The normalized spacial score (nSPS) is 12.6. The van der Waals surface area contributed by atoms with Crippen LogP contribution in [0, 0.1) is 0 Å². The van der Waals surface area contributed by atoms with Crippen LogP contribution in [-0.2, 0) is 17.6 Å². The Balaban J connectivity index is 1.91. The van der Waals surface area contributed by atoms with E-state index in [2.05, 4.69) is 15.4 Å². The average Bonchev–Trinajstić information content (AvgIpc) is 3.08. The van der Waals surface area contributed by atoms with Crippen LogP contribution in [0.15, 0.2) is 30.3 Å². The number of ether oxygens (including phenoxy) is 1. The maximum absolute atomic E-state index is 12.6. The van der Waals surface area contributed by atoms with Gasteiger partial charge in [0.25, 0.3) is 5.91 Å². The van der Waals surface area contributed by atoms with Gasteiger partial charge in [0.05, 0.1) is 12.7 Å². The third kappa shape index (κ3) is 2.82. The first-order valence-electron chi connectivity index (χ1n) is 7.05. The fraction of sp³-hybridized carbons (Fsp3) is 0.250. The number of rotatable bonds is 3. The van der Waals surface area contributed by atoms with Crippen LogP contribution in [0.3, 0.4) is 0 Å². The van der Waals surface area contributed by atoms with Crippen molar-refractivity contribution in [1.29, 1.82) is 0 Å². The summed E-state index contributed by atoms with van der Waals surface area (Å²) in [5, 5.41) is 6.09. The van der Waals surface area contributed by atoms with Crippen molar-refractivity contribution in [3.8, 4) is 0 Å². The molecule has 22 heavy (non-hydrogen) atoms. The molecule has 114 valence electrons. The van der Waals surface area contributed by atoms with Gasteiger partial charge in [0.1, 0.15) is 5.00 Å². The van der Waals surface area contributed by atoms with Gasteiger partial charge in [-0.3, -0.25) is 10.1 Å². The van der Waals surface area contributed by atoms with Crippen LogP contribution in [0.4, 0.5) is 15.5 Å². The minimum absolute atomic E-state index is 0.197. The molecule has 0 aliphatic heterocycles. The fourth-order valence-electron chi connectivity index (χ4n) is 2.59. The second kappa shape index (κ2) is 6.19. The number of fused-ring (bicyclic) bond motifs is 1. The van der Waals surface area contributed by atoms with Crippen LogP contribution < -0.4 is 10.6 Å². The number of anilines is 2. The summed E-state index contributed by atoms with van der Waals surface area (Å²) >= 11 is 1.46. The molecule has 1 heterocycles. The molecule has 1 aromatic heterocycles. The van der Waals surface area contributed by atoms with Gasteiger partial charge in [0.2, 0.25) is 0 Å². The minimum atomic E-state index is -0.561. The summed E-state index contributed by atoms with van der Waals surface area (Å²) in [7, 11) is 1.31. The standard InChI is InChI=1S/C16H16N2O3S/c1-21-16(20)18-15-13(11-8-5-9-12(11)22-15)14(19)17-10-6-3-2-4-7-10/h2-4,6-7H,5,8-9H2,1H3,(H,17,19)(H,18,20). The SMILES string of the molecule is COC(=O)Nc1sc2c(c1C(=O)Nc1ccccc1)CCC2. The zero-order valence-electron chi connectivity index (χ0n) is 12.1. The number of para-hydroxylation sites is 1. The Kier molecular flexibility index (Phi) is 4.11. The molecule has 1 aromatic carbocycles. The highest BCUT2D eigenvalue weighted by molar-refractivity contribution is 7.17. The van der Waals surface area contributed by atoms with Gasteiger partial charge < -0.3 is 10.1 Å². The van der Waals surface area contributed by atoms with E-state index in [1.54, 1.807) is 0 Å². The molecular formula is C16H16N2O3S. The number of benzene rings is 1. The fourth-order valence-corrected chi connectivity index (χ4v) is 3.86. The van der Waals surface area contributed by atoms with Crippen molar-refractivity contribution >= 4 is 34.0 Å². The molecule has 5 nitrogen and oxygen atoms in total. The van der Waals surface area contributed by atoms with Crippen LogP contribution in [0.25, 0.3) is 0 Å². The number of amides is 2. The van der Waals surface area contributed by atoms with Crippen molar-refractivity contribution in [2.45, 2.75) is 19.3 Å². The number of aryl methyl sites for hydroxylation is 1. The summed E-state index contributed by atoms with van der Waals surface area (Å²) in [6.07, 6.45) is 2.31. The Morgan fingerprint density at radius 3 is 2.64 bits per heavy atom. The molecule has 0 fully saturated rings. The maximum atomic E-state index is 12.6. The van der Waals surface area contributed by atoms with Gasteiger partial charge in [-0.2, -0.15) is 0 Å². The molecule has 0 bridgehead atoms. The summed E-state index contributed by atoms with van der Waals surface area (Å²) in [6.45, 7) is 0. The van der Waals surface area contributed by atoms with E-state index in [0.29, 0.717) is 10.6 Å². The van der Waals surface area contributed by atoms with Gasteiger partial charge in [0, 0.05) is 10.6 Å². The van der Waals surface area contributed by atoms with Crippen LogP contribution >= 0.6 is 11.3 Å². The number of hydrogen-bond donors (Lipinski definition) is 2. The number of hydrogen-bond acceptors (Lipinski definition) is 4. The van der Waals surface area contributed by atoms with Crippen LogP contribution in [0.5, 0.6) is 0 Å². The lowest BCUT2D eigenvalue weighted by Gasteiger charge is -2.09. The number of carbonyl (C=O) groups is 2. The summed E-state index contributed by atoms with van der Waals surface area (Å²) in [5.74, 6) is -0.197. The quantitative estimate of drug-likeness (QED) is 0.908. The molecule has 0 radical (unpaired) electrons. The highest BCUT2D eigenvalue weighted by Gasteiger charge is 2.27. The largest absolute Gasteiger partial charge is 0.453 e. The molecule has 1 aliphatic carbocycles. The summed E-state index contributed by atoms with van der Waals surface area (Å²) < 4.78 is 4.63. The first kappa shape index (κ1) is 14.6. The van der Waals surface area contributed by atoms with E-state index >= 15 is 0 Å². The maximum Gasteiger partial charge on any atom is 0.411 e. The molecule has 1 aliphatic rings. The lowest BCUT2D eigenvalue weighted by Crippen LogP contribution is -2.17. The Morgan fingerprint density at radius 2 is 1.91 bits per heavy atom. The average molecular weight is 316 g/mol. The predicted octanol–water partition coefficient (Wildman–Crippen LogP) is 3.67. The van der Waals surface area contributed by atoms with Gasteiger partial charge in [-0.05, 0) is 37.0 Å². The third-order valence-corrected chi connectivity index (χ3v) is 4.79. The molecule has 2 aromatic rings. The molecule has 2 N–H and O–H groups in total. The summed E-state index contributed by atoms with van der Waals surface area (Å²) in [5.41, 5.74) is 2.34. The Morgan fingerprint density at radius 1 is 1.14 bits per heavy atom. The minimum Gasteiger partial charge on any atom is -0.453 e. The molecule has 0 saturated heterocycles. The topological polar surface area (TPSA) is 67.4 Å². The Hall–Kier alpha value is -2.34. The van der Waals surface area contributed by atoms with Gasteiger partial charge in [-0.25, -0.2) is 4.79 Å². The molecular weight excluding hydrogens is 300 g/mol. The number of methoxy groups -OCH3 is 1. The van der Waals surface area contributed by atoms with Crippen molar-refractivity contribution in [3.63, 3.8) is 0 Å². The van der Waals surface area contributed by atoms with Crippen LogP contribution in [0.1, 0.15) is 27.2 Å². The molecule has 0 atom stereocenters. The first-order valence-corrected chi connectivity index (χ1v) is 7.86. The number of carbonyl (C=O) groups excluding carboxylic acids is 2. The summed E-state index contributed by atoms with van der Waals surface area (Å²) in [6, 6.07) is 9.28. The highest BCUT2D eigenvalue weighted by Crippen LogP contribution is 2.39. The van der Waals surface area contributed by atoms with Crippen LogP contribution in [-0.4, -0.2) is 19.1 Å². The first-order chi connectivity index (χ1) is 10.7. The van der Waals surface area contributed by atoms with Crippen molar-refractivity contribution < 1.29 is 14.3 Å². The van der Waals surface area contributed by atoms with Gasteiger partial charge >= 0.3 is 6.09 Å². The van der Waals surface area contributed by atoms with E-state index in [9.17, 15) is 9.59 Å². The van der Waals surface area contributed by atoms with Crippen molar-refractivity contribution in [1.82, 2.24) is 0 Å². The van der Waals surface area contributed by atoms with Crippen molar-refractivity contribution in [2.24, 2.45) is 0 Å². The van der Waals surface area contributed by atoms with Gasteiger partial charge in [-0.1, -0.05) is 18.2 Å². The van der Waals surface area contributed by atoms with Crippen molar-refractivity contribution in [2.75, 3.05) is 17.7 Å². The Labute approximate surface area is 132 Å². The van der Waals surface area contributed by atoms with E-state index in [1.807, 2.05) is 30.3 Å². The number of nitrogens with one attached hydrogen (secondary N) is 2. The third-order valence-electron chi connectivity index (χ3n) is 3.58. The predicted molar refractivity (Wildman–Crippen MR) is 86.8 cm³/mol. The zero-order valence-corrected chi connectivity index (χ0v) is 13.0. The van der Waals surface area contributed by atoms with Gasteiger partial charge in [-0.15, -0.1) is 11.3 Å². The van der Waals surface area contributed by atoms with E-state index in [0.717, 1.165) is 30.5 Å². The summed E-state index contributed by atoms with van der Waals surface area (Å²) in [4.78, 5) is 25.3. The lowest BCUT2D eigenvalue weighted by atomic mass is 10.1. The van der Waals surface area contributed by atoms with Gasteiger partial charge in [0.15, 0.2) is 0 Å². The second-order valence-corrected chi connectivity index (χ2v) is 6.10. The second-order valence-electron chi connectivity index (χ2n) is 5.00. The molecule has 6 heteroatoms. The monoisotopic (exact) mass is 316 g/mol. The number of thiophene rings is 1.